The van der Waals surface area contributed by atoms with Crippen LogP contribution in [-0.2, 0) is 4.79 Å². The van der Waals surface area contributed by atoms with Crippen LogP contribution < -0.4 is 10.6 Å². The van der Waals surface area contributed by atoms with Crippen LogP contribution in [0.5, 0.6) is 0 Å². The molecule has 0 spiro atoms. The van der Waals surface area contributed by atoms with Gasteiger partial charge in [-0.3, -0.25) is 4.79 Å². The van der Waals surface area contributed by atoms with Crippen molar-refractivity contribution in [3.05, 3.63) is 0 Å². The third-order valence-electron chi connectivity index (χ3n) is 4.05. The van der Waals surface area contributed by atoms with E-state index in [-0.39, 0.29) is 17.2 Å². The Kier molecular flexibility index (Phi) is 6.90. The van der Waals surface area contributed by atoms with Gasteiger partial charge in [0.1, 0.15) is 0 Å². The van der Waals surface area contributed by atoms with Gasteiger partial charge in [-0.1, -0.05) is 41.5 Å². The van der Waals surface area contributed by atoms with Gasteiger partial charge in [-0.25, -0.2) is 0 Å². The average Bonchev–Trinajstić information content (AvgIpc) is 2.32. The van der Waals surface area contributed by atoms with Gasteiger partial charge in [0.15, 0.2) is 0 Å². The maximum atomic E-state index is 12.3. The van der Waals surface area contributed by atoms with Gasteiger partial charge in [0.05, 0.1) is 5.54 Å². The van der Waals surface area contributed by atoms with E-state index < -0.39 is 5.54 Å². The van der Waals surface area contributed by atoms with Crippen molar-refractivity contribution in [3.63, 3.8) is 0 Å². The molecule has 0 aliphatic heterocycles. The Hall–Kier alpha value is -0.570. The van der Waals surface area contributed by atoms with E-state index in [1.165, 1.54) is 0 Å². The first kappa shape index (κ1) is 17.4. The number of hydrogen-bond donors (Lipinski definition) is 2. The summed E-state index contributed by atoms with van der Waals surface area (Å²) in [5.74, 6) is 0.383. The lowest BCUT2D eigenvalue weighted by Crippen LogP contribution is -2.59. The lowest BCUT2D eigenvalue weighted by Gasteiger charge is -2.37. The molecule has 0 aliphatic rings. The lowest BCUT2D eigenvalue weighted by molar-refractivity contribution is -0.129. The molecule has 0 radical (unpaired) electrons. The van der Waals surface area contributed by atoms with Gasteiger partial charge in [0, 0.05) is 13.1 Å². The van der Waals surface area contributed by atoms with Crippen molar-refractivity contribution in [2.45, 2.75) is 66.8 Å². The highest BCUT2D eigenvalue weighted by atomic mass is 16.2. The maximum Gasteiger partial charge on any atom is 0.240 e. The summed E-state index contributed by atoms with van der Waals surface area (Å²) in [6.07, 6.45) is 2.07. The van der Waals surface area contributed by atoms with Crippen LogP contribution in [0.15, 0.2) is 0 Å². The van der Waals surface area contributed by atoms with Crippen LogP contribution in [0.2, 0.25) is 0 Å². The molecule has 0 aliphatic carbocycles. The second-order valence-electron chi connectivity index (χ2n) is 6.48. The average molecular weight is 256 g/mol. The normalized spacial score (nSPS) is 15.6. The Labute approximate surface area is 113 Å². The molecule has 0 heterocycles. The Morgan fingerprint density at radius 3 is 2.11 bits per heavy atom. The minimum Gasteiger partial charge on any atom is -0.355 e. The van der Waals surface area contributed by atoms with Gasteiger partial charge in [0.2, 0.25) is 5.91 Å². The number of nitrogens with one attached hydrogen (secondary N) is 2. The van der Waals surface area contributed by atoms with Gasteiger partial charge < -0.3 is 10.6 Å². The zero-order valence-corrected chi connectivity index (χ0v) is 13.3. The summed E-state index contributed by atoms with van der Waals surface area (Å²) in [6, 6.07) is 0. The van der Waals surface area contributed by atoms with Crippen LogP contribution in [-0.4, -0.2) is 24.5 Å². The molecule has 3 heteroatoms. The first-order valence-corrected chi connectivity index (χ1v) is 7.23. The van der Waals surface area contributed by atoms with E-state index in [1.54, 1.807) is 0 Å². The fourth-order valence-electron chi connectivity index (χ4n) is 1.52. The molecule has 0 rings (SSSR count). The third-order valence-corrected chi connectivity index (χ3v) is 4.05. The van der Waals surface area contributed by atoms with E-state index in [0.29, 0.717) is 0 Å². The molecule has 0 fully saturated rings. The van der Waals surface area contributed by atoms with E-state index in [9.17, 15) is 4.79 Å². The van der Waals surface area contributed by atoms with Crippen molar-refractivity contribution in [2.24, 2.45) is 11.3 Å². The second-order valence-corrected chi connectivity index (χ2v) is 6.48. The first-order valence-electron chi connectivity index (χ1n) is 7.23. The summed E-state index contributed by atoms with van der Waals surface area (Å²) in [5, 5.41) is 6.49. The minimum absolute atomic E-state index is 0.117. The number of hydrogen-bond acceptors (Lipinski definition) is 2. The number of rotatable bonds is 8. The Morgan fingerprint density at radius 2 is 1.72 bits per heavy atom. The number of amides is 1. The van der Waals surface area contributed by atoms with Gasteiger partial charge in [-0.2, -0.15) is 0 Å². The van der Waals surface area contributed by atoms with E-state index in [4.69, 9.17) is 0 Å². The fraction of sp³-hybridized carbons (Fsp3) is 0.933. The third kappa shape index (κ3) is 4.97. The van der Waals surface area contributed by atoms with E-state index >= 15 is 0 Å². The van der Waals surface area contributed by atoms with Crippen LogP contribution in [0.1, 0.15) is 61.3 Å². The summed E-state index contributed by atoms with van der Waals surface area (Å²) in [5.41, 5.74) is -0.261. The highest BCUT2D eigenvalue weighted by molar-refractivity contribution is 5.86. The molecular formula is C15H32N2O. The predicted molar refractivity (Wildman–Crippen MR) is 78.6 cm³/mol. The molecule has 0 saturated heterocycles. The van der Waals surface area contributed by atoms with E-state index in [0.717, 1.165) is 25.9 Å². The summed E-state index contributed by atoms with van der Waals surface area (Å²) in [4.78, 5) is 12.3. The quantitative estimate of drug-likeness (QED) is 0.701. The molecule has 1 atom stereocenters. The molecule has 0 aromatic carbocycles. The monoisotopic (exact) mass is 256 g/mol. The zero-order chi connectivity index (χ0) is 14.4. The second kappa shape index (κ2) is 7.13. The van der Waals surface area contributed by atoms with Crippen molar-refractivity contribution in [2.75, 3.05) is 13.1 Å². The summed E-state index contributed by atoms with van der Waals surface area (Å²) >= 11 is 0. The molecule has 1 amide bonds. The summed E-state index contributed by atoms with van der Waals surface area (Å²) in [7, 11) is 0. The summed E-state index contributed by atoms with van der Waals surface area (Å²) < 4.78 is 0. The lowest BCUT2D eigenvalue weighted by atomic mass is 9.84. The molecule has 0 aromatic heterocycles. The highest BCUT2D eigenvalue weighted by Gasteiger charge is 2.36. The van der Waals surface area contributed by atoms with Crippen molar-refractivity contribution < 1.29 is 4.79 Å². The fourth-order valence-corrected chi connectivity index (χ4v) is 1.52. The Bertz CT molecular complexity index is 261. The van der Waals surface area contributed by atoms with Crippen LogP contribution in [0.4, 0.5) is 0 Å². The standard InChI is InChI=1S/C15H32N2O/c1-8-10-16-13(18)15(7,12(3)4)17-11-14(5,6)9-2/h12,17H,8-11H2,1-7H3,(H,16,18). The van der Waals surface area contributed by atoms with Crippen LogP contribution in [0.25, 0.3) is 0 Å². The predicted octanol–water partition coefficient (Wildman–Crippen LogP) is 2.95. The number of carbonyl (C=O) groups is 1. The molecule has 108 valence electrons. The van der Waals surface area contributed by atoms with Crippen LogP contribution in [0, 0.1) is 11.3 Å². The molecule has 18 heavy (non-hydrogen) atoms. The molecule has 1 unspecified atom stereocenters. The van der Waals surface area contributed by atoms with Crippen molar-refractivity contribution >= 4 is 5.91 Å². The molecule has 0 saturated carbocycles. The zero-order valence-electron chi connectivity index (χ0n) is 13.3. The van der Waals surface area contributed by atoms with Crippen molar-refractivity contribution in [1.82, 2.24) is 10.6 Å². The molecule has 0 aromatic rings. The highest BCUT2D eigenvalue weighted by Crippen LogP contribution is 2.22. The van der Waals surface area contributed by atoms with Gasteiger partial charge in [-0.15, -0.1) is 0 Å². The topological polar surface area (TPSA) is 41.1 Å². The molecular weight excluding hydrogens is 224 g/mol. The van der Waals surface area contributed by atoms with Crippen molar-refractivity contribution in [1.29, 1.82) is 0 Å². The van der Waals surface area contributed by atoms with Gasteiger partial charge >= 0.3 is 0 Å². The Morgan fingerprint density at radius 1 is 1.17 bits per heavy atom. The first-order chi connectivity index (χ1) is 8.19. The van der Waals surface area contributed by atoms with E-state index in [1.807, 2.05) is 6.92 Å². The smallest absolute Gasteiger partial charge is 0.240 e. The van der Waals surface area contributed by atoms with Gasteiger partial charge in [-0.05, 0) is 31.1 Å². The minimum atomic E-state index is -0.485. The maximum absolute atomic E-state index is 12.3. The SMILES string of the molecule is CCCNC(=O)C(C)(NCC(C)(C)CC)C(C)C. The summed E-state index contributed by atoms with van der Waals surface area (Å²) in [6.45, 7) is 16.5. The van der Waals surface area contributed by atoms with E-state index in [2.05, 4.69) is 52.2 Å². The molecule has 3 nitrogen and oxygen atoms in total. The van der Waals surface area contributed by atoms with Crippen LogP contribution >= 0.6 is 0 Å². The number of carbonyl (C=O) groups excluding carboxylic acids is 1. The molecule has 2 N–H and O–H groups in total. The largest absolute Gasteiger partial charge is 0.355 e. The molecule has 0 bridgehead atoms. The van der Waals surface area contributed by atoms with Gasteiger partial charge in [0.25, 0.3) is 0 Å². The van der Waals surface area contributed by atoms with Crippen LogP contribution in [0.3, 0.4) is 0 Å². The Balaban J connectivity index is 4.67. The van der Waals surface area contributed by atoms with Crippen molar-refractivity contribution in [3.8, 4) is 0 Å².